The molecule has 9 heteroatoms. The molecule has 4 aliphatic rings. The first kappa shape index (κ1) is 25.8. The molecule has 5 atom stereocenters. The number of fused-ring (bicyclic) bond motifs is 2. The van der Waals surface area contributed by atoms with Crippen molar-refractivity contribution in [2.24, 2.45) is 11.8 Å². The van der Waals surface area contributed by atoms with Crippen molar-refractivity contribution in [1.82, 2.24) is 26.5 Å². The van der Waals surface area contributed by atoms with Crippen LogP contribution in [0, 0.1) is 17.7 Å². The van der Waals surface area contributed by atoms with E-state index in [1.54, 1.807) is 18.3 Å². The standard InChI is InChI=1S/C30H37FN6O2/c31-24-9-5-22(6-10-24)26-17-28(26)32-13-1-2-27(30(39)36-18-20-3-4-21(16-20)19-36)34-29(38)23-7-11-25(12-8-23)37-15-14-33-35-37/h5-12,14-15,20-21,26-28,32-33,35H,1-4,13,16-19H2,(H,34,38)/t20?,21?,26-,27-,28?/m0/s1. The Morgan fingerprint density at radius 1 is 1.00 bits per heavy atom. The van der Waals surface area contributed by atoms with Gasteiger partial charge in [-0.15, -0.1) is 5.53 Å². The number of hydrazine groups is 2. The lowest BCUT2D eigenvalue weighted by Gasteiger charge is -2.34. The van der Waals surface area contributed by atoms with Gasteiger partial charge in [0.25, 0.3) is 5.91 Å². The Hall–Kier alpha value is -3.43. The summed E-state index contributed by atoms with van der Waals surface area (Å²) >= 11 is 0. The van der Waals surface area contributed by atoms with Crippen LogP contribution in [0.5, 0.6) is 0 Å². The predicted octanol–water partition coefficient (Wildman–Crippen LogP) is 3.41. The van der Waals surface area contributed by atoms with E-state index in [4.69, 9.17) is 0 Å². The minimum atomic E-state index is -0.545. The van der Waals surface area contributed by atoms with E-state index in [9.17, 15) is 14.0 Å². The number of hydrogen-bond acceptors (Lipinski definition) is 6. The Morgan fingerprint density at radius 3 is 2.44 bits per heavy atom. The maximum atomic E-state index is 13.6. The van der Waals surface area contributed by atoms with Gasteiger partial charge in [0.05, 0.1) is 5.69 Å². The molecule has 2 aliphatic carbocycles. The minimum Gasteiger partial charge on any atom is -0.340 e. The van der Waals surface area contributed by atoms with Gasteiger partial charge >= 0.3 is 0 Å². The summed E-state index contributed by atoms with van der Waals surface area (Å²) in [5.41, 5.74) is 8.45. The number of halogens is 1. The number of nitrogens with one attached hydrogen (secondary N) is 4. The number of amides is 2. The zero-order valence-corrected chi connectivity index (χ0v) is 22.1. The third kappa shape index (κ3) is 6.09. The van der Waals surface area contributed by atoms with Crippen molar-refractivity contribution in [2.45, 2.75) is 56.5 Å². The monoisotopic (exact) mass is 532 g/mol. The van der Waals surface area contributed by atoms with Gasteiger partial charge < -0.3 is 21.0 Å². The Kier molecular flexibility index (Phi) is 7.52. The van der Waals surface area contributed by atoms with E-state index in [-0.39, 0.29) is 17.6 Å². The fraction of sp³-hybridized carbons (Fsp3) is 0.467. The zero-order chi connectivity index (χ0) is 26.8. The molecule has 4 N–H and O–H groups in total. The predicted molar refractivity (Wildman–Crippen MR) is 148 cm³/mol. The summed E-state index contributed by atoms with van der Waals surface area (Å²) in [6.45, 7) is 2.38. The van der Waals surface area contributed by atoms with Gasteiger partial charge in [0.15, 0.2) is 0 Å². The number of likely N-dealkylation sites (tertiary alicyclic amines) is 1. The van der Waals surface area contributed by atoms with Gasteiger partial charge in [0, 0.05) is 43.0 Å². The van der Waals surface area contributed by atoms with Crippen molar-refractivity contribution in [2.75, 3.05) is 24.6 Å². The van der Waals surface area contributed by atoms with E-state index in [0.717, 1.165) is 43.7 Å². The van der Waals surface area contributed by atoms with Crippen LogP contribution >= 0.6 is 0 Å². The number of carbonyl (C=O) groups is 2. The molecule has 2 amide bonds. The van der Waals surface area contributed by atoms with Crippen LogP contribution in [0.1, 0.15) is 60.4 Å². The van der Waals surface area contributed by atoms with E-state index >= 15 is 0 Å². The Labute approximate surface area is 228 Å². The first-order valence-corrected chi connectivity index (χ1v) is 14.2. The summed E-state index contributed by atoms with van der Waals surface area (Å²) in [6.07, 6.45) is 9.68. The maximum Gasteiger partial charge on any atom is 0.251 e. The van der Waals surface area contributed by atoms with Crippen molar-refractivity contribution >= 4 is 17.5 Å². The molecule has 1 saturated heterocycles. The molecular formula is C30H37FN6O2. The normalized spacial score (nSPS) is 25.9. The number of piperidine rings is 1. The van der Waals surface area contributed by atoms with Gasteiger partial charge in [-0.1, -0.05) is 12.1 Å². The van der Waals surface area contributed by atoms with Crippen LogP contribution in [0.3, 0.4) is 0 Å². The molecule has 0 spiro atoms. The Bertz CT molecular complexity index is 1190. The van der Waals surface area contributed by atoms with Crippen molar-refractivity contribution in [3.8, 4) is 0 Å². The van der Waals surface area contributed by atoms with Gasteiger partial charge in [-0.25, -0.2) is 4.39 Å². The van der Waals surface area contributed by atoms with Gasteiger partial charge in [0.2, 0.25) is 5.91 Å². The van der Waals surface area contributed by atoms with Crippen LogP contribution in [0.15, 0.2) is 60.9 Å². The lowest BCUT2D eigenvalue weighted by molar-refractivity contribution is -0.135. The Morgan fingerprint density at radius 2 is 1.74 bits per heavy atom. The molecule has 6 rings (SSSR count). The molecule has 2 aromatic carbocycles. The zero-order valence-electron chi connectivity index (χ0n) is 22.1. The number of benzene rings is 2. The Balaban J connectivity index is 1.05. The topological polar surface area (TPSA) is 88.7 Å². The molecule has 2 saturated carbocycles. The van der Waals surface area contributed by atoms with Crippen LogP contribution in [0.4, 0.5) is 10.1 Å². The van der Waals surface area contributed by atoms with E-state index in [1.165, 1.54) is 31.4 Å². The number of rotatable bonds is 10. The SMILES string of the molecule is O=C(N[C@@H](CCCNC1C[C@H]1c1ccc(F)cc1)C(=O)N1CC2CCC(C2)C1)c1ccc(N2C=CNN2)cc1. The number of anilines is 1. The average molecular weight is 533 g/mol. The second-order valence-corrected chi connectivity index (χ2v) is 11.4. The molecule has 2 bridgehead atoms. The smallest absolute Gasteiger partial charge is 0.251 e. The van der Waals surface area contributed by atoms with Crippen LogP contribution in [-0.2, 0) is 4.79 Å². The van der Waals surface area contributed by atoms with Crippen LogP contribution in [0.2, 0.25) is 0 Å². The maximum absolute atomic E-state index is 13.6. The fourth-order valence-corrected chi connectivity index (χ4v) is 6.38. The summed E-state index contributed by atoms with van der Waals surface area (Å²) in [6, 6.07) is 13.9. The van der Waals surface area contributed by atoms with Gasteiger partial charge in [-0.2, -0.15) is 0 Å². The molecule has 0 radical (unpaired) electrons. The second kappa shape index (κ2) is 11.4. The number of hydrogen-bond donors (Lipinski definition) is 4. The molecule has 2 aromatic rings. The van der Waals surface area contributed by atoms with Crippen LogP contribution in [-0.4, -0.2) is 48.4 Å². The first-order chi connectivity index (χ1) is 19.0. The summed E-state index contributed by atoms with van der Waals surface area (Å²) < 4.78 is 13.2. The third-order valence-corrected chi connectivity index (χ3v) is 8.59. The highest BCUT2D eigenvalue weighted by atomic mass is 19.1. The summed E-state index contributed by atoms with van der Waals surface area (Å²) in [4.78, 5) is 28.9. The third-order valence-electron chi connectivity index (χ3n) is 8.59. The molecule has 8 nitrogen and oxygen atoms in total. The highest BCUT2D eigenvalue weighted by Crippen LogP contribution is 2.40. The average Bonchev–Trinajstić information content (AvgIpc) is 3.34. The fourth-order valence-electron chi connectivity index (χ4n) is 6.38. The highest BCUT2D eigenvalue weighted by molar-refractivity contribution is 5.97. The van der Waals surface area contributed by atoms with Gasteiger partial charge in [-0.3, -0.25) is 14.6 Å². The lowest BCUT2D eigenvalue weighted by Crippen LogP contribution is -2.52. The number of nitrogens with zero attached hydrogens (tertiary/aromatic N) is 2. The molecule has 2 aliphatic heterocycles. The van der Waals surface area contributed by atoms with Crippen molar-refractivity contribution in [1.29, 1.82) is 0 Å². The molecule has 3 unspecified atom stereocenters. The molecule has 0 aromatic heterocycles. The molecular weight excluding hydrogens is 495 g/mol. The molecule has 3 fully saturated rings. The molecule has 2 heterocycles. The number of carbonyl (C=O) groups excluding carboxylic acids is 2. The van der Waals surface area contributed by atoms with Gasteiger partial charge in [0.1, 0.15) is 11.9 Å². The lowest BCUT2D eigenvalue weighted by atomic mass is 9.97. The second-order valence-electron chi connectivity index (χ2n) is 11.4. The largest absolute Gasteiger partial charge is 0.340 e. The quantitative estimate of drug-likeness (QED) is 0.351. The van der Waals surface area contributed by atoms with Gasteiger partial charge in [-0.05, 0) is 98.9 Å². The first-order valence-electron chi connectivity index (χ1n) is 14.2. The van der Waals surface area contributed by atoms with Crippen LogP contribution < -0.4 is 26.6 Å². The molecule has 206 valence electrons. The summed E-state index contributed by atoms with van der Waals surface area (Å²) in [7, 11) is 0. The van der Waals surface area contributed by atoms with Crippen LogP contribution in [0.25, 0.3) is 0 Å². The van der Waals surface area contributed by atoms with Crippen molar-refractivity contribution < 1.29 is 14.0 Å². The van der Waals surface area contributed by atoms with E-state index < -0.39 is 6.04 Å². The highest BCUT2D eigenvalue weighted by Gasteiger charge is 2.39. The van der Waals surface area contributed by atoms with E-state index in [2.05, 4.69) is 21.6 Å². The summed E-state index contributed by atoms with van der Waals surface area (Å²) in [5, 5.41) is 8.46. The van der Waals surface area contributed by atoms with E-state index in [0.29, 0.717) is 35.8 Å². The minimum absolute atomic E-state index is 0.0460. The van der Waals surface area contributed by atoms with Crippen molar-refractivity contribution in [3.63, 3.8) is 0 Å². The van der Waals surface area contributed by atoms with Crippen molar-refractivity contribution in [3.05, 3.63) is 77.9 Å². The summed E-state index contributed by atoms with van der Waals surface area (Å²) in [5.74, 6) is 1.21. The van der Waals surface area contributed by atoms with E-state index in [1.807, 2.05) is 40.4 Å². The molecule has 39 heavy (non-hydrogen) atoms.